The number of aliphatic carboxylic acids is 1. The number of carboxylic acids is 1. The van der Waals surface area contributed by atoms with Crippen LogP contribution in [0.15, 0.2) is 48.5 Å². The SMILES string of the molecule is CC(C)(C)OC[C@H](NC(=O)CC1(NC(=O)OCC2c3ccccc3-c3ccccc32)CC1)C(=O)O. The van der Waals surface area contributed by atoms with Gasteiger partial charge in [0.05, 0.1) is 17.7 Å². The Morgan fingerprint density at radius 1 is 1.03 bits per heavy atom. The van der Waals surface area contributed by atoms with Crippen molar-refractivity contribution >= 4 is 18.0 Å². The summed E-state index contributed by atoms with van der Waals surface area (Å²) in [5.41, 5.74) is 3.31. The van der Waals surface area contributed by atoms with Crippen LogP contribution in [0.2, 0.25) is 0 Å². The highest BCUT2D eigenvalue weighted by atomic mass is 16.5. The molecule has 1 fully saturated rings. The molecule has 2 aromatic carbocycles. The lowest BCUT2D eigenvalue weighted by atomic mass is 9.98. The van der Waals surface area contributed by atoms with Crippen LogP contribution < -0.4 is 10.6 Å². The molecule has 1 saturated carbocycles. The van der Waals surface area contributed by atoms with Crippen LogP contribution in [0.5, 0.6) is 0 Å². The molecule has 2 amide bonds. The van der Waals surface area contributed by atoms with E-state index in [9.17, 15) is 19.5 Å². The summed E-state index contributed by atoms with van der Waals surface area (Å²) < 4.78 is 11.1. The maximum absolute atomic E-state index is 12.6. The summed E-state index contributed by atoms with van der Waals surface area (Å²) in [4.78, 5) is 36.7. The highest BCUT2D eigenvalue weighted by Gasteiger charge is 2.46. The normalized spacial score (nSPS) is 16.5. The van der Waals surface area contributed by atoms with E-state index < -0.39 is 35.2 Å². The summed E-state index contributed by atoms with van der Waals surface area (Å²) in [6, 6.07) is 15.0. The predicted octanol–water partition coefficient (Wildman–Crippen LogP) is 3.83. The van der Waals surface area contributed by atoms with Crippen LogP contribution in [0.3, 0.4) is 0 Å². The average molecular weight is 481 g/mol. The van der Waals surface area contributed by atoms with Crippen molar-refractivity contribution < 1.29 is 29.0 Å². The van der Waals surface area contributed by atoms with Crippen molar-refractivity contribution in [1.82, 2.24) is 10.6 Å². The molecule has 0 unspecified atom stereocenters. The Bertz CT molecular complexity index is 1070. The molecule has 0 aliphatic heterocycles. The Balaban J connectivity index is 1.31. The number of hydrogen-bond acceptors (Lipinski definition) is 5. The lowest BCUT2D eigenvalue weighted by Gasteiger charge is -2.24. The molecule has 4 rings (SSSR count). The van der Waals surface area contributed by atoms with Crippen LogP contribution in [0.4, 0.5) is 4.79 Å². The number of nitrogens with one attached hydrogen (secondary N) is 2. The molecule has 0 heterocycles. The zero-order chi connectivity index (χ0) is 25.2. The minimum absolute atomic E-state index is 0.0174. The Morgan fingerprint density at radius 2 is 1.60 bits per heavy atom. The molecular weight excluding hydrogens is 448 g/mol. The van der Waals surface area contributed by atoms with Crippen LogP contribution in [0.25, 0.3) is 11.1 Å². The minimum Gasteiger partial charge on any atom is -0.480 e. The predicted molar refractivity (Wildman–Crippen MR) is 130 cm³/mol. The Hall–Kier alpha value is -3.39. The van der Waals surface area contributed by atoms with Crippen LogP contribution in [0, 0.1) is 0 Å². The van der Waals surface area contributed by atoms with E-state index >= 15 is 0 Å². The second kappa shape index (κ2) is 9.70. The molecule has 8 nitrogen and oxygen atoms in total. The third kappa shape index (κ3) is 6.00. The van der Waals surface area contributed by atoms with Crippen molar-refractivity contribution in [2.45, 2.75) is 63.1 Å². The van der Waals surface area contributed by atoms with E-state index in [0.717, 1.165) is 22.3 Å². The summed E-state index contributed by atoms with van der Waals surface area (Å²) in [5, 5.41) is 14.7. The molecule has 8 heteroatoms. The summed E-state index contributed by atoms with van der Waals surface area (Å²) >= 11 is 0. The van der Waals surface area contributed by atoms with Crippen molar-refractivity contribution in [2.24, 2.45) is 0 Å². The van der Waals surface area contributed by atoms with Crippen molar-refractivity contribution in [3.63, 3.8) is 0 Å². The maximum atomic E-state index is 12.6. The van der Waals surface area contributed by atoms with Gasteiger partial charge in [-0.25, -0.2) is 9.59 Å². The van der Waals surface area contributed by atoms with Gasteiger partial charge in [0, 0.05) is 12.3 Å². The van der Waals surface area contributed by atoms with Gasteiger partial charge in [-0.2, -0.15) is 0 Å². The third-order valence-corrected chi connectivity index (χ3v) is 6.38. The zero-order valence-corrected chi connectivity index (χ0v) is 20.3. The Labute approximate surface area is 205 Å². The topological polar surface area (TPSA) is 114 Å². The molecule has 186 valence electrons. The number of fused-ring (bicyclic) bond motifs is 3. The van der Waals surface area contributed by atoms with Crippen LogP contribution in [0.1, 0.15) is 57.1 Å². The number of alkyl carbamates (subject to hydrolysis) is 1. The van der Waals surface area contributed by atoms with E-state index in [1.807, 2.05) is 45.0 Å². The summed E-state index contributed by atoms with van der Waals surface area (Å²) in [6.45, 7) is 5.48. The summed E-state index contributed by atoms with van der Waals surface area (Å²) in [7, 11) is 0. The van der Waals surface area contributed by atoms with Gasteiger partial charge in [0.2, 0.25) is 5.91 Å². The van der Waals surface area contributed by atoms with Gasteiger partial charge in [-0.05, 0) is 55.9 Å². The first-order valence-corrected chi connectivity index (χ1v) is 11.9. The zero-order valence-electron chi connectivity index (χ0n) is 20.3. The van der Waals surface area contributed by atoms with Crippen LogP contribution >= 0.6 is 0 Å². The van der Waals surface area contributed by atoms with E-state index in [4.69, 9.17) is 9.47 Å². The largest absolute Gasteiger partial charge is 0.480 e. The van der Waals surface area contributed by atoms with Crippen LogP contribution in [-0.4, -0.2) is 53.5 Å². The summed E-state index contributed by atoms with van der Waals surface area (Å²) in [6.07, 6.45) is 0.654. The molecule has 2 aliphatic carbocycles. The van der Waals surface area contributed by atoms with E-state index in [-0.39, 0.29) is 25.6 Å². The number of carboxylic acid groups (broad SMARTS) is 1. The van der Waals surface area contributed by atoms with E-state index in [2.05, 4.69) is 34.9 Å². The van der Waals surface area contributed by atoms with E-state index in [1.165, 1.54) is 0 Å². The van der Waals surface area contributed by atoms with Crippen molar-refractivity contribution in [1.29, 1.82) is 0 Å². The first-order chi connectivity index (χ1) is 16.6. The fourth-order valence-electron chi connectivity index (χ4n) is 4.41. The molecule has 2 aromatic rings. The summed E-state index contributed by atoms with van der Waals surface area (Å²) in [5.74, 6) is -1.67. The number of carbonyl (C=O) groups is 3. The van der Waals surface area contributed by atoms with Gasteiger partial charge in [0.15, 0.2) is 6.04 Å². The van der Waals surface area contributed by atoms with Gasteiger partial charge < -0.3 is 25.2 Å². The number of carbonyl (C=O) groups excluding carboxylic acids is 2. The molecule has 0 bridgehead atoms. The second-order valence-corrected chi connectivity index (χ2v) is 10.3. The van der Waals surface area contributed by atoms with E-state index in [1.54, 1.807) is 0 Å². The van der Waals surface area contributed by atoms with E-state index in [0.29, 0.717) is 12.8 Å². The standard InChI is InChI=1S/C27H32N2O6/c1-26(2,3)35-16-22(24(31)32)28-23(30)14-27(12-13-27)29-25(33)34-15-21-19-10-6-4-8-17(19)18-9-5-7-11-20(18)21/h4-11,21-22H,12-16H2,1-3H3,(H,28,30)(H,29,33)(H,31,32)/t22-/m0/s1. The molecule has 3 N–H and O–H groups in total. The first-order valence-electron chi connectivity index (χ1n) is 11.9. The number of amides is 2. The molecule has 0 aromatic heterocycles. The molecular formula is C27H32N2O6. The number of hydrogen-bond donors (Lipinski definition) is 3. The Morgan fingerprint density at radius 3 is 2.11 bits per heavy atom. The maximum Gasteiger partial charge on any atom is 0.407 e. The van der Waals surface area contributed by atoms with Gasteiger partial charge in [-0.15, -0.1) is 0 Å². The first kappa shape index (κ1) is 24.7. The van der Waals surface area contributed by atoms with Crippen molar-refractivity contribution in [3.05, 3.63) is 59.7 Å². The monoisotopic (exact) mass is 480 g/mol. The second-order valence-electron chi connectivity index (χ2n) is 10.3. The lowest BCUT2D eigenvalue weighted by molar-refractivity contribution is -0.145. The van der Waals surface area contributed by atoms with Gasteiger partial charge >= 0.3 is 12.1 Å². The average Bonchev–Trinajstić information content (AvgIpc) is 3.46. The minimum atomic E-state index is -1.17. The van der Waals surface area contributed by atoms with Crippen molar-refractivity contribution in [2.75, 3.05) is 13.2 Å². The number of rotatable bonds is 9. The van der Waals surface area contributed by atoms with Gasteiger partial charge in [0.25, 0.3) is 0 Å². The van der Waals surface area contributed by atoms with Crippen molar-refractivity contribution in [3.8, 4) is 11.1 Å². The fourth-order valence-corrected chi connectivity index (χ4v) is 4.41. The van der Waals surface area contributed by atoms with Crippen LogP contribution in [-0.2, 0) is 19.1 Å². The number of ether oxygens (including phenoxy) is 2. The van der Waals surface area contributed by atoms with Gasteiger partial charge in [-0.1, -0.05) is 48.5 Å². The van der Waals surface area contributed by atoms with Gasteiger partial charge in [-0.3, -0.25) is 4.79 Å². The highest BCUT2D eigenvalue weighted by molar-refractivity contribution is 5.85. The molecule has 0 spiro atoms. The fraction of sp³-hybridized carbons (Fsp3) is 0.444. The lowest BCUT2D eigenvalue weighted by Crippen LogP contribution is -2.48. The number of benzene rings is 2. The third-order valence-electron chi connectivity index (χ3n) is 6.38. The molecule has 35 heavy (non-hydrogen) atoms. The molecule has 1 atom stereocenters. The molecule has 2 aliphatic rings. The smallest absolute Gasteiger partial charge is 0.407 e. The molecule has 0 radical (unpaired) electrons. The molecule has 0 saturated heterocycles. The van der Waals surface area contributed by atoms with Gasteiger partial charge in [0.1, 0.15) is 6.61 Å². The highest BCUT2D eigenvalue weighted by Crippen LogP contribution is 2.44. The quantitative estimate of drug-likeness (QED) is 0.503. The Kier molecular flexibility index (Phi) is 6.85.